The van der Waals surface area contributed by atoms with Crippen molar-refractivity contribution in [1.82, 2.24) is 20.1 Å². The second-order valence-corrected chi connectivity index (χ2v) is 8.52. The molecule has 0 saturated carbocycles. The molecule has 0 aliphatic carbocycles. The molecule has 1 aliphatic heterocycles. The van der Waals surface area contributed by atoms with E-state index in [-0.39, 0.29) is 17.4 Å². The Morgan fingerprint density at radius 1 is 1.19 bits per heavy atom. The number of piperazine rings is 1. The van der Waals surface area contributed by atoms with Gasteiger partial charge < -0.3 is 10.2 Å². The summed E-state index contributed by atoms with van der Waals surface area (Å²) < 4.78 is 13.0. The standard InChI is InChI=1S/C19H25FN4OS/c1-19(2,3)22-18(25)24-10-8-23(9-11-24)12-17-21-16(13-26-17)14-4-6-15(20)7-5-14/h4-7,13H,8-12H2,1-3H3,(H,22,25). The predicted octanol–water partition coefficient (Wildman–Crippen LogP) is 3.57. The first-order valence-electron chi connectivity index (χ1n) is 8.80. The Morgan fingerprint density at radius 3 is 2.46 bits per heavy atom. The third-order valence-electron chi connectivity index (χ3n) is 4.19. The lowest BCUT2D eigenvalue weighted by Gasteiger charge is -2.36. The van der Waals surface area contributed by atoms with Crippen LogP contribution in [-0.2, 0) is 6.54 Å². The van der Waals surface area contributed by atoms with Crippen molar-refractivity contribution in [2.45, 2.75) is 32.9 Å². The molecular weight excluding hydrogens is 351 g/mol. The van der Waals surface area contributed by atoms with E-state index >= 15 is 0 Å². The van der Waals surface area contributed by atoms with E-state index < -0.39 is 0 Å². The number of carbonyl (C=O) groups is 1. The van der Waals surface area contributed by atoms with E-state index in [2.05, 4.69) is 15.2 Å². The van der Waals surface area contributed by atoms with Gasteiger partial charge in [0.05, 0.1) is 12.2 Å². The second-order valence-electron chi connectivity index (χ2n) is 7.58. The van der Waals surface area contributed by atoms with Crippen molar-refractivity contribution in [2.24, 2.45) is 0 Å². The van der Waals surface area contributed by atoms with Crippen LogP contribution in [0.3, 0.4) is 0 Å². The van der Waals surface area contributed by atoms with Crippen molar-refractivity contribution in [1.29, 1.82) is 0 Å². The first-order chi connectivity index (χ1) is 12.3. The molecule has 0 spiro atoms. The SMILES string of the molecule is CC(C)(C)NC(=O)N1CCN(Cc2nc(-c3ccc(F)cc3)cs2)CC1. The smallest absolute Gasteiger partial charge is 0.317 e. The molecule has 1 N–H and O–H groups in total. The maximum absolute atomic E-state index is 13.0. The first kappa shape index (κ1) is 18.8. The third-order valence-corrected chi connectivity index (χ3v) is 5.03. The number of thiazole rings is 1. The Kier molecular flexibility index (Phi) is 5.58. The molecule has 1 saturated heterocycles. The van der Waals surface area contributed by atoms with Crippen molar-refractivity contribution in [3.05, 3.63) is 40.5 Å². The molecule has 26 heavy (non-hydrogen) atoms. The zero-order chi connectivity index (χ0) is 18.7. The Labute approximate surface area is 157 Å². The largest absolute Gasteiger partial charge is 0.333 e. The van der Waals surface area contributed by atoms with Gasteiger partial charge in [-0.25, -0.2) is 14.2 Å². The minimum absolute atomic E-state index is 0.00462. The molecule has 140 valence electrons. The molecule has 2 aromatic rings. The van der Waals surface area contributed by atoms with Gasteiger partial charge in [0.15, 0.2) is 0 Å². The van der Waals surface area contributed by atoms with Crippen LogP contribution >= 0.6 is 11.3 Å². The predicted molar refractivity (Wildman–Crippen MR) is 103 cm³/mol. The van der Waals surface area contributed by atoms with Gasteiger partial charge in [-0.1, -0.05) is 0 Å². The van der Waals surface area contributed by atoms with Gasteiger partial charge in [-0.3, -0.25) is 4.90 Å². The van der Waals surface area contributed by atoms with Crippen LogP contribution in [-0.4, -0.2) is 52.5 Å². The summed E-state index contributed by atoms with van der Waals surface area (Å²) >= 11 is 1.62. The average molecular weight is 377 g/mol. The van der Waals surface area contributed by atoms with E-state index in [1.54, 1.807) is 23.5 Å². The Balaban J connectivity index is 1.52. The normalized spacial score (nSPS) is 15.9. The molecule has 0 atom stereocenters. The van der Waals surface area contributed by atoms with E-state index in [9.17, 15) is 9.18 Å². The number of benzene rings is 1. The van der Waals surface area contributed by atoms with Gasteiger partial charge in [0.1, 0.15) is 10.8 Å². The summed E-state index contributed by atoms with van der Waals surface area (Å²) in [6.07, 6.45) is 0. The zero-order valence-corrected chi connectivity index (χ0v) is 16.3. The number of urea groups is 1. The number of aromatic nitrogens is 1. The summed E-state index contributed by atoms with van der Waals surface area (Å²) in [5.41, 5.74) is 1.59. The molecule has 1 aliphatic rings. The molecule has 2 amide bonds. The molecule has 1 aromatic heterocycles. The molecule has 7 heteroatoms. The molecule has 3 rings (SSSR count). The lowest BCUT2D eigenvalue weighted by molar-refractivity contribution is 0.131. The summed E-state index contributed by atoms with van der Waals surface area (Å²) in [6.45, 7) is 9.86. The quantitative estimate of drug-likeness (QED) is 0.891. The van der Waals surface area contributed by atoms with Crippen molar-refractivity contribution >= 4 is 17.4 Å². The van der Waals surface area contributed by atoms with Crippen molar-refractivity contribution < 1.29 is 9.18 Å². The summed E-state index contributed by atoms with van der Waals surface area (Å²) in [5.74, 6) is -0.238. The van der Waals surface area contributed by atoms with Crippen LogP contribution < -0.4 is 5.32 Å². The summed E-state index contributed by atoms with van der Waals surface area (Å²) in [5, 5.41) is 6.06. The minimum atomic E-state index is -0.238. The second kappa shape index (κ2) is 7.72. The van der Waals surface area contributed by atoms with Gasteiger partial charge >= 0.3 is 6.03 Å². The molecule has 1 aromatic carbocycles. The zero-order valence-electron chi connectivity index (χ0n) is 15.5. The fraction of sp³-hybridized carbons (Fsp3) is 0.474. The van der Waals surface area contributed by atoms with Gasteiger partial charge in [0.2, 0.25) is 0 Å². The van der Waals surface area contributed by atoms with E-state index in [1.807, 2.05) is 31.1 Å². The van der Waals surface area contributed by atoms with E-state index in [4.69, 9.17) is 0 Å². The van der Waals surface area contributed by atoms with Gasteiger partial charge in [0.25, 0.3) is 0 Å². The van der Waals surface area contributed by atoms with Crippen molar-refractivity contribution in [3.8, 4) is 11.3 Å². The number of halogens is 1. The van der Waals surface area contributed by atoms with Gasteiger partial charge in [-0.2, -0.15) is 0 Å². The maximum atomic E-state index is 13.0. The number of nitrogens with one attached hydrogen (secondary N) is 1. The summed E-state index contributed by atoms with van der Waals surface area (Å²) in [7, 11) is 0. The minimum Gasteiger partial charge on any atom is -0.333 e. The van der Waals surface area contributed by atoms with Gasteiger partial charge in [-0.05, 0) is 45.0 Å². The number of nitrogens with zero attached hydrogens (tertiary/aromatic N) is 3. The number of hydrogen-bond acceptors (Lipinski definition) is 4. The van der Waals surface area contributed by atoms with Crippen molar-refractivity contribution in [3.63, 3.8) is 0 Å². The Bertz CT molecular complexity index is 746. The van der Waals surface area contributed by atoms with E-state index in [0.717, 1.165) is 49.0 Å². The van der Waals surface area contributed by atoms with E-state index in [1.165, 1.54) is 12.1 Å². The lowest BCUT2D eigenvalue weighted by Crippen LogP contribution is -2.54. The van der Waals surface area contributed by atoms with Crippen LogP contribution in [0.4, 0.5) is 9.18 Å². The first-order valence-corrected chi connectivity index (χ1v) is 9.68. The lowest BCUT2D eigenvalue weighted by atomic mass is 10.1. The van der Waals surface area contributed by atoms with Gasteiger partial charge in [0, 0.05) is 42.7 Å². The number of amides is 2. The molecule has 0 radical (unpaired) electrons. The highest BCUT2D eigenvalue weighted by molar-refractivity contribution is 7.09. The highest BCUT2D eigenvalue weighted by Crippen LogP contribution is 2.23. The summed E-state index contributed by atoms with van der Waals surface area (Å²) in [4.78, 5) is 21.1. The molecule has 0 bridgehead atoms. The van der Waals surface area contributed by atoms with Crippen LogP contribution in [0.25, 0.3) is 11.3 Å². The Morgan fingerprint density at radius 2 is 1.85 bits per heavy atom. The van der Waals surface area contributed by atoms with Crippen LogP contribution in [0.15, 0.2) is 29.6 Å². The fourth-order valence-corrected chi connectivity index (χ4v) is 3.68. The molecule has 1 fully saturated rings. The maximum Gasteiger partial charge on any atom is 0.317 e. The Hall–Kier alpha value is -1.99. The third kappa shape index (κ3) is 5.02. The van der Waals surface area contributed by atoms with Crippen molar-refractivity contribution in [2.75, 3.05) is 26.2 Å². The number of carbonyl (C=O) groups excluding carboxylic acids is 1. The van der Waals surface area contributed by atoms with Crippen LogP contribution in [0.2, 0.25) is 0 Å². The van der Waals surface area contributed by atoms with Crippen LogP contribution in [0.5, 0.6) is 0 Å². The van der Waals surface area contributed by atoms with E-state index in [0.29, 0.717) is 0 Å². The van der Waals surface area contributed by atoms with Crippen LogP contribution in [0.1, 0.15) is 25.8 Å². The molecule has 0 unspecified atom stereocenters. The average Bonchev–Trinajstić information content (AvgIpc) is 3.03. The molecule has 2 heterocycles. The molecular formula is C19H25FN4OS. The topological polar surface area (TPSA) is 48.5 Å². The highest BCUT2D eigenvalue weighted by Gasteiger charge is 2.24. The van der Waals surface area contributed by atoms with Gasteiger partial charge in [-0.15, -0.1) is 11.3 Å². The number of rotatable bonds is 3. The number of hydrogen-bond donors (Lipinski definition) is 1. The van der Waals surface area contributed by atoms with Crippen LogP contribution in [0, 0.1) is 5.82 Å². The fourth-order valence-electron chi connectivity index (χ4n) is 2.84. The monoisotopic (exact) mass is 376 g/mol. The molecule has 5 nitrogen and oxygen atoms in total. The highest BCUT2D eigenvalue weighted by atomic mass is 32.1. The summed E-state index contributed by atoms with van der Waals surface area (Å²) in [6, 6.07) is 6.42.